The van der Waals surface area contributed by atoms with Crippen molar-refractivity contribution in [1.82, 2.24) is 10.6 Å². The number of amides is 3. The van der Waals surface area contributed by atoms with E-state index in [1.165, 1.54) is 19.2 Å². The number of hydrogen-bond donors (Lipinski definition) is 4. The Balaban J connectivity index is 2.40. The Morgan fingerprint density at radius 1 is 1.25 bits per heavy atom. The molecule has 0 bridgehead atoms. The van der Waals surface area contributed by atoms with Crippen molar-refractivity contribution in [2.24, 2.45) is 0 Å². The van der Waals surface area contributed by atoms with E-state index in [4.69, 9.17) is 5.11 Å². The fourth-order valence-electron chi connectivity index (χ4n) is 0.969. The maximum Gasteiger partial charge on any atom is 0.319 e. The Kier molecular flexibility index (Phi) is 4.14. The molecule has 4 N–H and O–H groups in total. The van der Waals surface area contributed by atoms with Crippen LogP contribution < -0.4 is 16.0 Å². The van der Waals surface area contributed by atoms with Gasteiger partial charge in [0.15, 0.2) is 0 Å². The second-order valence-electron chi connectivity index (χ2n) is 3.03. The molecule has 1 rings (SSSR count). The number of rotatable bonds is 3. The third kappa shape index (κ3) is 3.87. The first-order valence-electron chi connectivity index (χ1n) is 4.66. The van der Waals surface area contributed by atoms with Gasteiger partial charge in [-0.25, -0.2) is 4.79 Å². The number of carbonyl (C=O) groups is 2. The topological polar surface area (TPSA) is 90.5 Å². The van der Waals surface area contributed by atoms with E-state index < -0.39 is 6.03 Å². The molecule has 0 saturated carbocycles. The number of anilines is 1. The summed E-state index contributed by atoms with van der Waals surface area (Å²) < 4.78 is 0. The smallest absolute Gasteiger partial charge is 0.319 e. The van der Waals surface area contributed by atoms with Crippen molar-refractivity contribution in [3.8, 4) is 5.75 Å². The number of hydrogen-bond acceptors (Lipinski definition) is 3. The van der Waals surface area contributed by atoms with Crippen LogP contribution in [0.3, 0.4) is 0 Å². The first-order chi connectivity index (χ1) is 7.61. The molecule has 0 heterocycles. The van der Waals surface area contributed by atoms with Gasteiger partial charge in [0.2, 0.25) is 5.91 Å². The van der Waals surface area contributed by atoms with Crippen molar-refractivity contribution < 1.29 is 14.7 Å². The summed E-state index contributed by atoms with van der Waals surface area (Å²) in [6, 6.07) is 5.53. The predicted octanol–water partition coefficient (Wildman–Crippen LogP) is 0.260. The highest BCUT2D eigenvalue weighted by atomic mass is 16.3. The number of carbonyl (C=O) groups excluding carboxylic acids is 2. The molecule has 0 saturated heterocycles. The molecular weight excluding hydrogens is 210 g/mol. The van der Waals surface area contributed by atoms with E-state index in [2.05, 4.69) is 16.0 Å². The standard InChI is InChI=1S/C10H13N3O3/c1-11-9(15)6-12-10(16)13-7-2-4-8(14)5-3-7/h2-5,14H,6H2,1H3,(H,11,15)(H2,12,13,16). The zero-order valence-electron chi connectivity index (χ0n) is 8.78. The highest BCUT2D eigenvalue weighted by molar-refractivity contribution is 5.92. The number of benzene rings is 1. The zero-order valence-corrected chi connectivity index (χ0v) is 8.78. The highest BCUT2D eigenvalue weighted by Crippen LogP contribution is 2.13. The number of phenols is 1. The average Bonchev–Trinajstić information content (AvgIpc) is 2.29. The van der Waals surface area contributed by atoms with Crippen molar-refractivity contribution in [1.29, 1.82) is 0 Å². The third-order valence-electron chi connectivity index (χ3n) is 1.81. The minimum atomic E-state index is -0.478. The van der Waals surface area contributed by atoms with E-state index in [0.717, 1.165) is 0 Å². The fraction of sp³-hybridized carbons (Fsp3) is 0.200. The first-order valence-corrected chi connectivity index (χ1v) is 4.66. The van der Waals surface area contributed by atoms with Crippen LogP contribution in [0.5, 0.6) is 5.75 Å². The van der Waals surface area contributed by atoms with Crippen LogP contribution in [-0.2, 0) is 4.79 Å². The summed E-state index contributed by atoms with van der Waals surface area (Å²) in [5.41, 5.74) is 0.534. The summed E-state index contributed by atoms with van der Waals surface area (Å²) in [5, 5.41) is 16.3. The summed E-state index contributed by atoms with van der Waals surface area (Å²) in [5.74, 6) is -0.155. The van der Waals surface area contributed by atoms with Crippen LogP contribution >= 0.6 is 0 Å². The molecule has 0 aliphatic heterocycles. The van der Waals surface area contributed by atoms with Crippen LogP contribution in [0.4, 0.5) is 10.5 Å². The van der Waals surface area contributed by atoms with Gasteiger partial charge in [-0.05, 0) is 24.3 Å². The molecule has 6 nitrogen and oxygen atoms in total. The van der Waals surface area contributed by atoms with Gasteiger partial charge < -0.3 is 21.1 Å². The monoisotopic (exact) mass is 223 g/mol. The molecule has 3 amide bonds. The van der Waals surface area contributed by atoms with Gasteiger partial charge in [0, 0.05) is 12.7 Å². The van der Waals surface area contributed by atoms with E-state index in [-0.39, 0.29) is 18.2 Å². The SMILES string of the molecule is CNC(=O)CNC(=O)Nc1ccc(O)cc1. The molecular formula is C10H13N3O3. The summed E-state index contributed by atoms with van der Waals surface area (Å²) in [6.07, 6.45) is 0. The van der Waals surface area contributed by atoms with Crippen molar-refractivity contribution in [2.75, 3.05) is 18.9 Å². The Bertz CT molecular complexity index is 375. The van der Waals surface area contributed by atoms with Crippen molar-refractivity contribution in [2.45, 2.75) is 0 Å². The minimum absolute atomic E-state index is 0.0829. The van der Waals surface area contributed by atoms with Crippen LogP contribution in [-0.4, -0.2) is 30.6 Å². The van der Waals surface area contributed by atoms with Crippen LogP contribution in [0, 0.1) is 0 Å². The number of aromatic hydroxyl groups is 1. The third-order valence-corrected chi connectivity index (χ3v) is 1.81. The molecule has 0 aromatic heterocycles. The number of nitrogens with one attached hydrogen (secondary N) is 3. The maximum absolute atomic E-state index is 11.3. The highest BCUT2D eigenvalue weighted by Gasteiger charge is 2.03. The van der Waals surface area contributed by atoms with Gasteiger partial charge in [-0.2, -0.15) is 0 Å². The van der Waals surface area contributed by atoms with Crippen LogP contribution in [0.2, 0.25) is 0 Å². The van der Waals surface area contributed by atoms with E-state index in [1.54, 1.807) is 12.1 Å². The van der Waals surface area contributed by atoms with Crippen LogP contribution in [0.25, 0.3) is 0 Å². The molecule has 6 heteroatoms. The lowest BCUT2D eigenvalue weighted by molar-refractivity contribution is -0.119. The molecule has 0 unspecified atom stereocenters. The molecule has 0 aliphatic rings. The number of likely N-dealkylation sites (N-methyl/N-ethyl adjacent to an activating group) is 1. The second-order valence-corrected chi connectivity index (χ2v) is 3.03. The molecule has 86 valence electrons. The lowest BCUT2D eigenvalue weighted by Crippen LogP contribution is -2.37. The minimum Gasteiger partial charge on any atom is -0.508 e. The van der Waals surface area contributed by atoms with Gasteiger partial charge in [-0.3, -0.25) is 4.79 Å². The molecule has 0 spiro atoms. The van der Waals surface area contributed by atoms with Gasteiger partial charge >= 0.3 is 6.03 Å². The van der Waals surface area contributed by atoms with Crippen LogP contribution in [0.1, 0.15) is 0 Å². The molecule has 1 aromatic carbocycles. The van der Waals surface area contributed by atoms with Gasteiger partial charge in [0.05, 0.1) is 6.54 Å². The molecule has 0 aliphatic carbocycles. The quantitative estimate of drug-likeness (QED) is 0.554. The molecule has 0 radical (unpaired) electrons. The Morgan fingerprint density at radius 3 is 2.44 bits per heavy atom. The van der Waals surface area contributed by atoms with E-state index in [1.807, 2.05) is 0 Å². The fourth-order valence-corrected chi connectivity index (χ4v) is 0.969. The van der Waals surface area contributed by atoms with Gasteiger partial charge in [0.1, 0.15) is 5.75 Å². The molecule has 16 heavy (non-hydrogen) atoms. The van der Waals surface area contributed by atoms with E-state index >= 15 is 0 Å². The second kappa shape index (κ2) is 5.59. The number of phenolic OH excluding ortho intramolecular Hbond substituents is 1. The van der Waals surface area contributed by atoms with Crippen molar-refractivity contribution in [3.63, 3.8) is 0 Å². The van der Waals surface area contributed by atoms with Crippen LogP contribution in [0.15, 0.2) is 24.3 Å². The molecule has 1 aromatic rings. The van der Waals surface area contributed by atoms with Gasteiger partial charge in [-0.1, -0.05) is 0 Å². The van der Waals surface area contributed by atoms with E-state index in [0.29, 0.717) is 5.69 Å². The lowest BCUT2D eigenvalue weighted by Gasteiger charge is -2.06. The first kappa shape index (κ1) is 11.8. The largest absolute Gasteiger partial charge is 0.508 e. The summed E-state index contributed by atoms with van der Waals surface area (Å²) in [7, 11) is 1.49. The van der Waals surface area contributed by atoms with Crippen molar-refractivity contribution in [3.05, 3.63) is 24.3 Å². The summed E-state index contributed by atoms with van der Waals surface area (Å²) in [6.45, 7) is -0.0829. The lowest BCUT2D eigenvalue weighted by atomic mass is 10.3. The molecule has 0 atom stereocenters. The molecule has 0 fully saturated rings. The maximum atomic E-state index is 11.3. The Morgan fingerprint density at radius 2 is 1.88 bits per heavy atom. The average molecular weight is 223 g/mol. The number of urea groups is 1. The van der Waals surface area contributed by atoms with Crippen molar-refractivity contribution >= 4 is 17.6 Å². The van der Waals surface area contributed by atoms with Gasteiger partial charge in [-0.15, -0.1) is 0 Å². The van der Waals surface area contributed by atoms with E-state index in [9.17, 15) is 9.59 Å². The summed E-state index contributed by atoms with van der Waals surface area (Å²) >= 11 is 0. The normalized spacial score (nSPS) is 9.31. The predicted molar refractivity (Wildman–Crippen MR) is 59.2 cm³/mol. The Labute approximate surface area is 92.7 Å². The summed E-state index contributed by atoms with van der Waals surface area (Å²) in [4.78, 5) is 22.1. The zero-order chi connectivity index (χ0) is 12.0. The Hall–Kier alpha value is -2.24. The van der Waals surface area contributed by atoms with Gasteiger partial charge in [0.25, 0.3) is 0 Å².